The normalized spacial score (nSPS) is 12.1. The van der Waals surface area contributed by atoms with Gasteiger partial charge in [0.1, 0.15) is 5.56 Å². The third-order valence-corrected chi connectivity index (χ3v) is 5.42. The average Bonchev–Trinajstić information content (AvgIpc) is 3.04. The molecule has 0 aliphatic rings. The van der Waals surface area contributed by atoms with E-state index >= 15 is 0 Å². The van der Waals surface area contributed by atoms with Crippen molar-refractivity contribution in [1.29, 1.82) is 0 Å². The fourth-order valence-electron chi connectivity index (χ4n) is 3.39. The van der Waals surface area contributed by atoms with Crippen LogP contribution in [-0.2, 0) is 7.05 Å². The maximum atomic E-state index is 12.8. The van der Waals surface area contributed by atoms with Crippen LogP contribution in [0.5, 0.6) is 0 Å². The molecule has 2 aromatic heterocycles. The number of hydrogen-bond donors (Lipinski definition) is 1. The van der Waals surface area contributed by atoms with E-state index in [0.717, 1.165) is 33.8 Å². The first-order chi connectivity index (χ1) is 13.2. The summed E-state index contributed by atoms with van der Waals surface area (Å²) in [5, 5.41) is 7.45. The number of nitrogens with one attached hydrogen (secondary N) is 1. The minimum atomic E-state index is -0.376. The van der Waals surface area contributed by atoms with Crippen molar-refractivity contribution < 1.29 is 4.79 Å². The van der Waals surface area contributed by atoms with E-state index in [1.807, 2.05) is 63.6 Å². The van der Waals surface area contributed by atoms with Crippen LogP contribution in [0.15, 0.2) is 41.3 Å². The van der Waals surface area contributed by atoms with Crippen molar-refractivity contribution in [2.24, 2.45) is 7.05 Å². The lowest BCUT2D eigenvalue weighted by atomic mass is 10.1. The van der Waals surface area contributed by atoms with Crippen LogP contribution in [0, 0.1) is 27.7 Å². The van der Waals surface area contributed by atoms with Crippen molar-refractivity contribution >= 4 is 5.91 Å². The Balaban J connectivity index is 1.89. The van der Waals surface area contributed by atoms with Gasteiger partial charge >= 0.3 is 0 Å². The number of para-hydroxylation sites is 1. The predicted molar refractivity (Wildman–Crippen MR) is 110 cm³/mol. The Morgan fingerprint density at radius 2 is 1.75 bits per heavy atom. The smallest absolute Gasteiger partial charge is 0.263 e. The maximum Gasteiger partial charge on any atom is 0.263 e. The van der Waals surface area contributed by atoms with Gasteiger partial charge in [-0.2, -0.15) is 5.10 Å². The van der Waals surface area contributed by atoms with Crippen LogP contribution in [0.1, 0.15) is 51.4 Å². The molecule has 3 rings (SSSR count). The van der Waals surface area contributed by atoms with E-state index in [4.69, 9.17) is 0 Å². The number of carbonyl (C=O) groups excluding carboxylic acids is 1. The van der Waals surface area contributed by atoms with E-state index < -0.39 is 0 Å². The van der Waals surface area contributed by atoms with Crippen LogP contribution >= 0.6 is 0 Å². The molecule has 28 heavy (non-hydrogen) atoms. The van der Waals surface area contributed by atoms with Gasteiger partial charge in [0.2, 0.25) is 0 Å². The van der Waals surface area contributed by atoms with Gasteiger partial charge in [-0.25, -0.2) is 4.68 Å². The summed E-state index contributed by atoms with van der Waals surface area (Å²) in [6.07, 6.45) is 1.77. The van der Waals surface area contributed by atoms with Gasteiger partial charge in [-0.1, -0.05) is 18.2 Å². The molecule has 0 radical (unpaired) electrons. The Bertz CT molecular complexity index is 1110. The molecule has 1 aromatic carbocycles. The second-order valence-electron chi connectivity index (χ2n) is 7.27. The molecule has 0 bridgehead atoms. The lowest BCUT2D eigenvalue weighted by Crippen LogP contribution is -2.34. The first kappa shape index (κ1) is 19.6. The van der Waals surface area contributed by atoms with Crippen molar-refractivity contribution in [2.75, 3.05) is 0 Å². The molecule has 2 heterocycles. The van der Waals surface area contributed by atoms with Crippen molar-refractivity contribution in [3.8, 4) is 5.69 Å². The highest BCUT2D eigenvalue weighted by atomic mass is 16.2. The van der Waals surface area contributed by atoms with E-state index in [9.17, 15) is 9.59 Å². The van der Waals surface area contributed by atoms with Crippen LogP contribution < -0.4 is 10.9 Å². The number of rotatable bonds is 4. The van der Waals surface area contributed by atoms with E-state index in [0.29, 0.717) is 0 Å². The van der Waals surface area contributed by atoms with Crippen molar-refractivity contribution in [1.82, 2.24) is 19.7 Å². The summed E-state index contributed by atoms with van der Waals surface area (Å²) in [4.78, 5) is 25.2. The lowest BCUT2D eigenvalue weighted by Gasteiger charge is -2.16. The number of carbonyl (C=O) groups is 1. The zero-order valence-electron chi connectivity index (χ0n) is 17.2. The molecule has 1 amide bonds. The number of amides is 1. The zero-order chi connectivity index (χ0) is 20.6. The van der Waals surface area contributed by atoms with Crippen molar-refractivity contribution in [2.45, 2.75) is 40.7 Å². The number of pyridine rings is 1. The van der Waals surface area contributed by atoms with E-state index in [1.165, 1.54) is 4.57 Å². The molecule has 1 N–H and O–H groups in total. The second kappa shape index (κ2) is 7.46. The van der Waals surface area contributed by atoms with E-state index in [-0.39, 0.29) is 23.1 Å². The van der Waals surface area contributed by atoms with Gasteiger partial charge in [-0.15, -0.1) is 0 Å². The number of aromatic nitrogens is 3. The SMILES string of the molecule is Cc1ccccc1-n1ncc(C(C)NC(=O)c2cc(C)c(C)n(C)c2=O)c1C. The molecule has 1 unspecified atom stereocenters. The topological polar surface area (TPSA) is 68.9 Å². The summed E-state index contributed by atoms with van der Waals surface area (Å²) in [5.41, 5.74) is 5.62. The number of aryl methyl sites for hydroxylation is 2. The van der Waals surface area contributed by atoms with Crippen LogP contribution in [-0.4, -0.2) is 20.3 Å². The van der Waals surface area contributed by atoms with Crippen LogP contribution in [0.25, 0.3) is 5.69 Å². The van der Waals surface area contributed by atoms with Gasteiger partial charge in [0.25, 0.3) is 11.5 Å². The van der Waals surface area contributed by atoms with Crippen LogP contribution in [0.4, 0.5) is 0 Å². The fourth-order valence-corrected chi connectivity index (χ4v) is 3.39. The maximum absolute atomic E-state index is 12.8. The Hall–Kier alpha value is -3.15. The molecule has 0 fully saturated rings. The summed E-state index contributed by atoms with van der Waals surface area (Å²) in [7, 11) is 1.68. The van der Waals surface area contributed by atoms with Crippen LogP contribution in [0.3, 0.4) is 0 Å². The average molecular weight is 378 g/mol. The Morgan fingerprint density at radius 3 is 2.43 bits per heavy atom. The highest BCUT2D eigenvalue weighted by Crippen LogP contribution is 2.22. The quantitative estimate of drug-likeness (QED) is 0.757. The van der Waals surface area contributed by atoms with Gasteiger partial charge < -0.3 is 9.88 Å². The molecule has 0 saturated heterocycles. The summed E-state index contributed by atoms with van der Waals surface area (Å²) >= 11 is 0. The molecule has 0 spiro atoms. The molecule has 0 aliphatic heterocycles. The number of nitrogens with zero attached hydrogens (tertiary/aromatic N) is 3. The third-order valence-electron chi connectivity index (χ3n) is 5.42. The first-order valence-electron chi connectivity index (χ1n) is 9.31. The summed E-state index contributed by atoms with van der Waals surface area (Å²) in [6, 6.07) is 9.40. The zero-order valence-corrected chi connectivity index (χ0v) is 17.2. The van der Waals surface area contributed by atoms with Gasteiger partial charge in [0.05, 0.1) is 17.9 Å². The molecule has 6 heteroatoms. The second-order valence-corrected chi connectivity index (χ2v) is 7.27. The van der Waals surface area contributed by atoms with E-state index in [2.05, 4.69) is 10.4 Å². The lowest BCUT2D eigenvalue weighted by molar-refractivity contribution is 0.0937. The number of benzene rings is 1. The molecule has 6 nitrogen and oxygen atoms in total. The molecule has 146 valence electrons. The van der Waals surface area contributed by atoms with Gasteiger partial charge in [-0.05, 0) is 57.9 Å². The monoisotopic (exact) mass is 378 g/mol. The first-order valence-corrected chi connectivity index (χ1v) is 9.31. The highest BCUT2D eigenvalue weighted by Gasteiger charge is 2.20. The Labute approximate surface area is 164 Å². The third kappa shape index (κ3) is 3.38. The van der Waals surface area contributed by atoms with Crippen molar-refractivity contribution in [3.63, 3.8) is 0 Å². The minimum Gasteiger partial charge on any atom is -0.345 e. The molecular weight excluding hydrogens is 352 g/mol. The molecule has 1 atom stereocenters. The number of hydrogen-bond acceptors (Lipinski definition) is 3. The largest absolute Gasteiger partial charge is 0.345 e. The summed E-state index contributed by atoms with van der Waals surface area (Å²) in [6.45, 7) is 9.68. The van der Waals surface area contributed by atoms with Gasteiger partial charge in [0.15, 0.2) is 0 Å². The molecule has 3 aromatic rings. The Morgan fingerprint density at radius 1 is 1.07 bits per heavy atom. The summed E-state index contributed by atoms with van der Waals surface area (Å²) in [5.74, 6) is -0.376. The van der Waals surface area contributed by atoms with E-state index in [1.54, 1.807) is 19.3 Å². The van der Waals surface area contributed by atoms with Gasteiger partial charge in [0, 0.05) is 24.0 Å². The van der Waals surface area contributed by atoms with Crippen molar-refractivity contribution in [3.05, 3.63) is 80.5 Å². The Kier molecular flexibility index (Phi) is 5.23. The molecule has 0 aliphatic carbocycles. The standard InChI is InChI=1S/C22H26N4O2/c1-13-9-7-8-10-20(13)26-17(5)19(12-23-26)15(3)24-21(27)18-11-14(2)16(4)25(6)22(18)28/h7-12,15H,1-6H3,(H,24,27). The fraction of sp³-hybridized carbons (Fsp3) is 0.318. The van der Waals surface area contributed by atoms with Gasteiger partial charge in [-0.3, -0.25) is 9.59 Å². The van der Waals surface area contributed by atoms with Crippen LogP contribution in [0.2, 0.25) is 0 Å². The predicted octanol–water partition coefficient (Wildman–Crippen LogP) is 3.30. The highest BCUT2D eigenvalue weighted by molar-refractivity contribution is 5.94. The summed E-state index contributed by atoms with van der Waals surface area (Å²) < 4.78 is 3.39. The minimum absolute atomic E-state index is 0.154. The molecule has 0 saturated carbocycles. The molecular formula is C22H26N4O2.